The molecule has 0 bridgehead atoms. The lowest BCUT2D eigenvalue weighted by atomic mass is 10.2. The van der Waals surface area contributed by atoms with Crippen molar-refractivity contribution >= 4 is 11.8 Å². The van der Waals surface area contributed by atoms with E-state index in [2.05, 4.69) is 20.6 Å². The van der Waals surface area contributed by atoms with Crippen molar-refractivity contribution in [2.45, 2.75) is 6.36 Å². The largest absolute Gasteiger partial charge is 0.573 e. The van der Waals surface area contributed by atoms with Gasteiger partial charge in [0.15, 0.2) is 0 Å². The predicted molar refractivity (Wildman–Crippen MR) is 98.8 cm³/mol. The van der Waals surface area contributed by atoms with Gasteiger partial charge in [0.1, 0.15) is 17.2 Å². The Morgan fingerprint density at radius 3 is 1.60 bits per heavy atom. The van der Waals surface area contributed by atoms with Crippen LogP contribution in [0.25, 0.3) is 0 Å². The average molecular weight is 417 g/mol. The number of pyridine rings is 1. The van der Waals surface area contributed by atoms with Gasteiger partial charge in [-0.2, -0.15) is 0 Å². The van der Waals surface area contributed by atoms with Gasteiger partial charge >= 0.3 is 6.36 Å². The highest BCUT2D eigenvalue weighted by molar-refractivity contribution is 5.99. The van der Waals surface area contributed by atoms with Crippen LogP contribution in [0, 0.1) is 0 Å². The van der Waals surface area contributed by atoms with E-state index in [1.54, 1.807) is 36.7 Å². The van der Waals surface area contributed by atoms with E-state index in [0.29, 0.717) is 11.5 Å². The highest BCUT2D eigenvalue weighted by Gasteiger charge is 2.31. The van der Waals surface area contributed by atoms with Gasteiger partial charge < -0.3 is 9.47 Å². The second kappa shape index (κ2) is 8.95. The first-order valence-corrected chi connectivity index (χ1v) is 8.44. The number of ether oxygens (including phenoxy) is 2. The molecule has 0 radical (unpaired) electrons. The number of hydrogen-bond donors (Lipinski definition) is 2. The maximum absolute atomic E-state index is 12.1. The molecule has 2 amide bonds. The fraction of sp³-hybridized carbons (Fsp3) is 0.0500. The Morgan fingerprint density at radius 2 is 1.13 bits per heavy atom. The maximum Gasteiger partial charge on any atom is 0.573 e. The van der Waals surface area contributed by atoms with Crippen molar-refractivity contribution in [3.8, 4) is 17.2 Å². The highest BCUT2D eigenvalue weighted by atomic mass is 19.4. The molecular weight excluding hydrogens is 403 g/mol. The number of hydrogen-bond acceptors (Lipinski definition) is 5. The lowest BCUT2D eigenvalue weighted by molar-refractivity contribution is -0.274. The Balaban J connectivity index is 1.53. The number of benzene rings is 2. The zero-order valence-corrected chi connectivity index (χ0v) is 15.1. The summed E-state index contributed by atoms with van der Waals surface area (Å²) in [5.74, 6) is -0.670. The van der Waals surface area contributed by atoms with Crippen LogP contribution in [-0.4, -0.2) is 23.2 Å². The number of nitrogens with one attached hydrogen (secondary N) is 2. The van der Waals surface area contributed by atoms with Crippen LogP contribution >= 0.6 is 0 Å². The van der Waals surface area contributed by atoms with Gasteiger partial charge in [-0.05, 0) is 60.7 Å². The first-order chi connectivity index (χ1) is 14.3. The van der Waals surface area contributed by atoms with Crippen molar-refractivity contribution in [1.29, 1.82) is 0 Å². The highest BCUT2D eigenvalue weighted by Crippen LogP contribution is 2.23. The summed E-state index contributed by atoms with van der Waals surface area (Å²) >= 11 is 0. The monoisotopic (exact) mass is 417 g/mol. The number of amides is 2. The van der Waals surface area contributed by atoms with Gasteiger partial charge in [-0.25, -0.2) is 0 Å². The molecule has 0 saturated heterocycles. The first-order valence-electron chi connectivity index (χ1n) is 8.44. The lowest BCUT2D eigenvalue weighted by Crippen LogP contribution is -2.41. The topological polar surface area (TPSA) is 89.6 Å². The molecule has 1 heterocycles. The van der Waals surface area contributed by atoms with Crippen molar-refractivity contribution in [2.24, 2.45) is 0 Å². The number of aromatic nitrogens is 1. The molecule has 3 aromatic rings. The molecule has 0 saturated carbocycles. The van der Waals surface area contributed by atoms with Crippen molar-refractivity contribution in [1.82, 2.24) is 15.8 Å². The SMILES string of the molecule is O=C(NNC(=O)c1ccc(OC(F)(F)F)cc1)c1ccc(Oc2ccncc2)cc1. The van der Waals surface area contributed by atoms with Gasteiger partial charge in [-0.3, -0.25) is 25.4 Å². The number of alkyl halides is 3. The third-order valence-corrected chi connectivity index (χ3v) is 3.64. The van der Waals surface area contributed by atoms with Gasteiger partial charge in [0.2, 0.25) is 0 Å². The van der Waals surface area contributed by atoms with Crippen molar-refractivity contribution in [3.63, 3.8) is 0 Å². The lowest BCUT2D eigenvalue weighted by Gasteiger charge is -2.10. The molecule has 7 nitrogen and oxygen atoms in total. The number of nitrogens with zero attached hydrogens (tertiary/aromatic N) is 1. The minimum atomic E-state index is -4.82. The average Bonchev–Trinajstić information content (AvgIpc) is 2.72. The van der Waals surface area contributed by atoms with E-state index < -0.39 is 23.9 Å². The molecule has 0 atom stereocenters. The number of halogens is 3. The van der Waals surface area contributed by atoms with Gasteiger partial charge in [0, 0.05) is 23.5 Å². The first kappa shape index (κ1) is 20.6. The van der Waals surface area contributed by atoms with E-state index in [-0.39, 0.29) is 11.1 Å². The molecule has 0 aliphatic carbocycles. The molecule has 154 valence electrons. The van der Waals surface area contributed by atoms with Crippen molar-refractivity contribution in [2.75, 3.05) is 0 Å². The number of hydrazine groups is 1. The minimum absolute atomic E-state index is 0.0333. The summed E-state index contributed by atoms with van der Waals surface area (Å²) in [4.78, 5) is 28.0. The molecule has 30 heavy (non-hydrogen) atoms. The number of rotatable bonds is 5. The molecule has 3 rings (SSSR count). The Bertz CT molecular complexity index is 1010. The zero-order valence-electron chi connectivity index (χ0n) is 15.1. The van der Waals surface area contributed by atoms with E-state index in [1.807, 2.05) is 0 Å². The van der Waals surface area contributed by atoms with Crippen LogP contribution < -0.4 is 20.3 Å². The van der Waals surface area contributed by atoms with Gasteiger partial charge in [0.25, 0.3) is 11.8 Å². The quantitative estimate of drug-likeness (QED) is 0.616. The smallest absolute Gasteiger partial charge is 0.457 e. The van der Waals surface area contributed by atoms with E-state index in [0.717, 1.165) is 24.3 Å². The summed E-state index contributed by atoms with van der Waals surface area (Å²) in [6.45, 7) is 0. The summed E-state index contributed by atoms with van der Waals surface area (Å²) in [5.41, 5.74) is 4.69. The standard InChI is InChI=1S/C20H14F3N3O4/c21-20(22,23)30-17-7-3-14(4-8-17)19(28)26-25-18(27)13-1-5-15(6-2-13)29-16-9-11-24-12-10-16/h1-12H,(H,25,27)(H,26,28). The Labute approximate surface area is 168 Å². The summed E-state index contributed by atoms with van der Waals surface area (Å²) in [7, 11) is 0. The maximum atomic E-state index is 12.1. The normalized spacial score (nSPS) is 10.8. The Hall–Kier alpha value is -4.08. The van der Waals surface area contributed by atoms with Gasteiger partial charge in [-0.1, -0.05) is 0 Å². The summed E-state index contributed by atoms with van der Waals surface area (Å²) < 4.78 is 45.7. The van der Waals surface area contributed by atoms with E-state index >= 15 is 0 Å². The van der Waals surface area contributed by atoms with E-state index in [1.165, 1.54) is 12.1 Å². The third-order valence-electron chi connectivity index (χ3n) is 3.64. The van der Waals surface area contributed by atoms with Crippen LogP contribution in [0.1, 0.15) is 20.7 Å². The zero-order chi connectivity index (χ0) is 21.6. The fourth-order valence-corrected chi connectivity index (χ4v) is 2.28. The van der Waals surface area contributed by atoms with Crippen LogP contribution in [0.4, 0.5) is 13.2 Å². The molecular formula is C20H14F3N3O4. The molecule has 0 aliphatic heterocycles. The number of carbonyl (C=O) groups excluding carboxylic acids is 2. The van der Waals surface area contributed by atoms with Gasteiger partial charge in [-0.15, -0.1) is 13.2 Å². The predicted octanol–water partition coefficient (Wildman–Crippen LogP) is 3.85. The second-order valence-electron chi connectivity index (χ2n) is 5.79. The molecule has 0 spiro atoms. The van der Waals surface area contributed by atoms with Crippen molar-refractivity contribution in [3.05, 3.63) is 84.2 Å². The molecule has 0 fully saturated rings. The van der Waals surface area contributed by atoms with Gasteiger partial charge in [0.05, 0.1) is 0 Å². The Kier molecular flexibility index (Phi) is 6.16. The van der Waals surface area contributed by atoms with Crippen LogP contribution in [0.2, 0.25) is 0 Å². The van der Waals surface area contributed by atoms with E-state index in [4.69, 9.17) is 4.74 Å². The minimum Gasteiger partial charge on any atom is -0.457 e. The molecule has 1 aromatic heterocycles. The third kappa shape index (κ3) is 5.96. The van der Waals surface area contributed by atoms with Crippen LogP contribution in [0.5, 0.6) is 17.2 Å². The van der Waals surface area contributed by atoms with E-state index in [9.17, 15) is 22.8 Å². The molecule has 10 heteroatoms. The number of carbonyl (C=O) groups is 2. The van der Waals surface area contributed by atoms with Crippen LogP contribution in [0.3, 0.4) is 0 Å². The molecule has 0 unspecified atom stereocenters. The summed E-state index contributed by atoms with van der Waals surface area (Å²) in [5, 5.41) is 0. The Morgan fingerprint density at radius 1 is 0.700 bits per heavy atom. The summed E-state index contributed by atoms with van der Waals surface area (Å²) in [6, 6.07) is 13.8. The molecule has 2 N–H and O–H groups in total. The molecule has 0 aliphatic rings. The summed E-state index contributed by atoms with van der Waals surface area (Å²) in [6.07, 6.45) is -1.66. The fourth-order valence-electron chi connectivity index (χ4n) is 2.28. The van der Waals surface area contributed by atoms with Crippen molar-refractivity contribution < 1.29 is 32.2 Å². The molecule has 2 aromatic carbocycles. The second-order valence-corrected chi connectivity index (χ2v) is 5.79. The van der Waals surface area contributed by atoms with Crippen LogP contribution in [-0.2, 0) is 0 Å². The van der Waals surface area contributed by atoms with Crippen LogP contribution in [0.15, 0.2) is 73.1 Å².